The van der Waals surface area contributed by atoms with Crippen molar-refractivity contribution in [1.82, 2.24) is 10.6 Å². The van der Waals surface area contributed by atoms with Crippen LogP contribution in [0, 0.1) is 0 Å². The number of hydrogen-bond donors (Lipinski definition) is 2. The third kappa shape index (κ3) is 7.92. The van der Waals surface area contributed by atoms with Gasteiger partial charge in [0, 0.05) is 32.3 Å². The number of nitrogens with zero attached hydrogens (tertiary/aromatic N) is 1. The van der Waals surface area contributed by atoms with Gasteiger partial charge in [0.1, 0.15) is 0 Å². The van der Waals surface area contributed by atoms with Gasteiger partial charge < -0.3 is 15.4 Å². The number of ether oxygens (including phenoxy) is 1. The van der Waals surface area contributed by atoms with Crippen molar-refractivity contribution >= 4 is 29.9 Å². The molecule has 0 spiro atoms. The van der Waals surface area contributed by atoms with Crippen LogP contribution >= 0.6 is 24.0 Å². The van der Waals surface area contributed by atoms with Crippen LogP contribution in [0.5, 0.6) is 0 Å². The Morgan fingerprint density at radius 2 is 2.06 bits per heavy atom. The van der Waals surface area contributed by atoms with E-state index in [1.165, 1.54) is 0 Å². The SMILES string of the molecule is CCNC(=NCCCOCC)NC1CC=CC1.I. The van der Waals surface area contributed by atoms with E-state index in [0.29, 0.717) is 6.04 Å². The van der Waals surface area contributed by atoms with E-state index in [1.54, 1.807) is 0 Å². The van der Waals surface area contributed by atoms with Gasteiger partial charge in [-0.25, -0.2) is 0 Å². The lowest BCUT2D eigenvalue weighted by Crippen LogP contribution is -2.42. The third-order valence-corrected chi connectivity index (χ3v) is 2.61. The van der Waals surface area contributed by atoms with Gasteiger partial charge >= 0.3 is 0 Å². The van der Waals surface area contributed by atoms with Crippen molar-refractivity contribution in [2.24, 2.45) is 4.99 Å². The molecule has 0 fully saturated rings. The van der Waals surface area contributed by atoms with E-state index in [1.807, 2.05) is 6.92 Å². The van der Waals surface area contributed by atoms with E-state index in [4.69, 9.17) is 4.74 Å². The summed E-state index contributed by atoms with van der Waals surface area (Å²) in [5.74, 6) is 0.928. The fourth-order valence-corrected chi connectivity index (χ4v) is 1.75. The van der Waals surface area contributed by atoms with Crippen molar-refractivity contribution < 1.29 is 4.74 Å². The number of halogens is 1. The van der Waals surface area contributed by atoms with Gasteiger partial charge in [-0.3, -0.25) is 4.99 Å². The van der Waals surface area contributed by atoms with Crippen molar-refractivity contribution in [3.05, 3.63) is 12.2 Å². The molecule has 4 nitrogen and oxygen atoms in total. The highest BCUT2D eigenvalue weighted by molar-refractivity contribution is 14.0. The largest absolute Gasteiger partial charge is 0.382 e. The summed E-state index contributed by atoms with van der Waals surface area (Å²) in [5, 5.41) is 6.71. The third-order valence-electron chi connectivity index (χ3n) is 2.61. The van der Waals surface area contributed by atoms with Crippen LogP contribution in [0.4, 0.5) is 0 Å². The highest BCUT2D eigenvalue weighted by atomic mass is 127. The standard InChI is InChI=1S/C13H25N3O.HI/c1-3-14-13(15-10-7-11-17-4-2)16-12-8-5-6-9-12;/h5-6,12H,3-4,7-11H2,1-2H3,(H2,14,15,16);1H. The first kappa shape index (κ1) is 17.7. The number of aliphatic imine (C=N–C) groups is 1. The summed E-state index contributed by atoms with van der Waals surface area (Å²) in [6, 6.07) is 0.514. The zero-order valence-corrected chi connectivity index (χ0v) is 13.8. The van der Waals surface area contributed by atoms with Crippen LogP contribution in [0.15, 0.2) is 17.1 Å². The molecule has 1 aliphatic rings. The van der Waals surface area contributed by atoms with Crippen LogP contribution < -0.4 is 10.6 Å². The topological polar surface area (TPSA) is 45.7 Å². The smallest absolute Gasteiger partial charge is 0.191 e. The molecule has 106 valence electrons. The van der Waals surface area contributed by atoms with Crippen LogP contribution in [0.25, 0.3) is 0 Å². The molecule has 5 heteroatoms. The average molecular weight is 367 g/mol. The zero-order valence-electron chi connectivity index (χ0n) is 11.4. The average Bonchev–Trinajstić information content (AvgIpc) is 2.82. The predicted octanol–water partition coefficient (Wildman–Crippen LogP) is 2.30. The molecule has 0 radical (unpaired) electrons. The Morgan fingerprint density at radius 3 is 2.67 bits per heavy atom. The summed E-state index contributed by atoms with van der Waals surface area (Å²) in [4.78, 5) is 4.54. The minimum atomic E-state index is 0. The van der Waals surface area contributed by atoms with Crippen molar-refractivity contribution in [1.29, 1.82) is 0 Å². The lowest BCUT2D eigenvalue weighted by molar-refractivity contribution is 0.146. The van der Waals surface area contributed by atoms with Crippen LogP contribution in [0.3, 0.4) is 0 Å². The zero-order chi connectivity index (χ0) is 12.3. The molecule has 1 rings (SSSR count). The first-order valence-corrected chi connectivity index (χ1v) is 6.64. The molecule has 0 aromatic carbocycles. The Bertz CT molecular complexity index is 249. The molecule has 0 heterocycles. The molecule has 0 bridgehead atoms. The summed E-state index contributed by atoms with van der Waals surface area (Å²) in [7, 11) is 0. The van der Waals surface area contributed by atoms with Gasteiger partial charge in [0.05, 0.1) is 0 Å². The fraction of sp³-hybridized carbons (Fsp3) is 0.769. The summed E-state index contributed by atoms with van der Waals surface area (Å²) in [5.41, 5.74) is 0. The maximum atomic E-state index is 5.29. The monoisotopic (exact) mass is 367 g/mol. The molecule has 18 heavy (non-hydrogen) atoms. The predicted molar refractivity (Wildman–Crippen MR) is 87.8 cm³/mol. The highest BCUT2D eigenvalue weighted by Crippen LogP contribution is 2.08. The van der Waals surface area contributed by atoms with Crippen LogP contribution in [-0.4, -0.2) is 38.3 Å². The normalized spacial score (nSPS) is 15.6. The van der Waals surface area contributed by atoms with Gasteiger partial charge in [0.15, 0.2) is 5.96 Å². The molecule has 0 saturated carbocycles. The first-order valence-electron chi connectivity index (χ1n) is 6.64. The quantitative estimate of drug-likeness (QED) is 0.239. The molecule has 2 N–H and O–H groups in total. The molecular weight excluding hydrogens is 341 g/mol. The molecule has 0 aromatic rings. The minimum Gasteiger partial charge on any atom is -0.382 e. The molecule has 1 aliphatic carbocycles. The van der Waals surface area contributed by atoms with Gasteiger partial charge in [-0.05, 0) is 33.1 Å². The van der Waals surface area contributed by atoms with Gasteiger partial charge in [-0.1, -0.05) is 12.2 Å². The highest BCUT2D eigenvalue weighted by Gasteiger charge is 2.10. The maximum absolute atomic E-state index is 5.29. The van der Waals surface area contributed by atoms with Crippen molar-refractivity contribution in [3.63, 3.8) is 0 Å². The van der Waals surface area contributed by atoms with Crippen molar-refractivity contribution in [2.75, 3.05) is 26.3 Å². The molecule has 0 aliphatic heterocycles. The molecule has 0 atom stereocenters. The van der Waals surface area contributed by atoms with E-state index < -0.39 is 0 Å². The van der Waals surface area contributed by atoms with Crippen molar-refractivity contribution in [3.8, 4) is 0 Å². The lowest BCUT2D eigenvalue weighted by Gasteiger charge is -2.16. The summed E-state index contributed by atoms with van der Waals surface area (Å²) >= 11 is 0. The van der Waals surface area contributed by atoms with E-state index in [2.05, 4.69) is 34.7 Å². The summed E-state index contributed by atoms with van der Waals surface area (Å²) < 4.78 is 5.29. The van der Waals surface area contributed by atoms with Gasteiger partial charge in [-0.2, -0.15) is 0 Å². The number of hydrogen-bond acceptors (Lipinski definition) is 2. The van der Waals surface area contributed by atoms with E-state index in [0.717, 1.165) is 51.5 Å². The Labute approximate surface area is 128 Å². The van der Waals surface area contributed by atoms with E-state index in [9.17, 15) is 0 Å². The van der Waals surface area contributed by atoms with E-state index >= 15 is 0 Å². The Morgan fingerprint density at radius 1 is 1.33 bits per heavy atom. The van der Waals surface area contributed by atoms with Gasteiger partial charge in [-0.15, -0.1) is 24.0 Å². The van der Waals surface area contributed by atoms with Crippen LogP contribution in [0.1, 0.15) is 33.1 Å². The fourth-order valence-electron chi connectivity index (χ4n) is 1.75. The minimum absolute atomic E-state index is 0. The molecule has 0 aromatic heterocycles. The Kier molecular flexibility index (Phi) is 11.6. The maximum Gasteiger partial charge on any atom is 0.191 e. The summed E-state index contributed by atoms with van der Waals surface area (Å²) in [6.45, 7) is 7.40. The number of rotatable bonds is 7. The van der Waals surface area contributed by atoms with Gasteiger partial charge in [0.2, 0.25) is 0 Å². The van der Waals surface area contributed by atoms with Crippen LogP contribution in [-0.2, 0) is 4.74 Å². The van der Waals surface area contributed by atoms with Crippen molar-refractivity contribution in [2.45, 2.75) is 39.2 Å². The van der Waals surface area contributed by atoms with Gasteiger partial charge in [0.25, 0.3) is 0 Å². The Hall–Kier alpha value is -0.300. The lowest BCUT2D eigenvalue weighted by atomic mass is 10.2. The molecule has 0 saturated heterocycles. The second-order valence-corrected chi connectivity index (χ2v) is 4.10. The Balaban J connectivity index is 0.00000289. The first-order chi connectivity index (χ1) is 8.36. The number of nitrogens with one attached hydrogen (secondary N) is 2. The molecule has 0 unspecified atom stereocenters. The second kappa shape index (κ2) is 11.8. The van der Waals surface area contributed by atoms with E-state index in [-0.39, 0.29) is 24.0 Å². The molecule has 0 amide bonds. The summed E-state index contributed by atoms with van der Waals surface area (Å²) in [6.07, 6.45) is 7.62. The second-order valence-electron chi connectivity index (χ2n) is 4.10. The molecular formula is C13H26IN3O. The number of guanidine groups is 1. The van der Waals surface area contributed by atoms with Crippen LogP contribution in [0.2, 0.25) is 0 Å².